The molecule has 0 saturated heterocycles. The molecule has 0 spiro atoms. The highest BCUT2D eigenvalue weighted by atomic mass is 35.5. The van der Waals surface area contributed by atoms with Gasteiger partial charge in [0.15, 0.2) is 0 Å². The number of halogens is 1. The van der Waals surface area contributed by atoms with Crippen LogP contribution in [0.2, 0.25) is 0 Å². The second-order valence-corrected chi connectivity index (χ2v) is 5.69. The van der Waals surface area contributed by atoms with E-state index in [0.29, 0.717) is 5.88 Å². The molecule has 3 nitrogen and oxygen atoms in total. The number of hydrogen-bond donors (Lipinski definition) is 0. The molecule has 0 unspecified atom stereocenters. The minimum Gasteiger partial charge on any atom is -0.287 e. The summed E-state index contributed by atoms with van der Waals surface area (Å²) in [5.41, 5.74) is 4.83. The van der Waals surface area contributed by atoms with Crippen LogP contribution in [-0.2, 0) is 25.1 Å². The summed E-state index contributed by atoms with van der Waals surface area (Å²) >= 11 is 6.02. The average Bonchev–Trinajstić information content (AvgIpc) is 2.91. The lowest BCUT2D eigenvalue weighted by atomic mass is 10.0. The fourth-order valence-electron chi connectivity index (χ4n) is 2.88. The Morgan fingerprint density at radius 1 is 1.25 bits per heavy atom. The maximum absolute atomic E-state index is 6.02. The summed E-state index contributed by atoms with van der Waals surface area (Å²) in [4.78, 5) is 9.34. The van der Waals surface area contributed by atoms with E-state index in [1.54, 1.807) is 0 Å². The van der Waals surface area contributed by atoms with Crippen LogP contribution in [0.3, 0.4) is 0 Å². The van der Waals surface area contributed by atoms with Gasteiger partial charge in [0.05, 0.1) is 5.69 Å². The van der Waals surface area contributed by atoms with Crippen molar-refractivity contribution in [3.8, 4) is 5.82 Å². The smallest absolute Gasteiger partial charge is 0.138 e. The van der Waals surface area contributed by atoms with Gasteiger partial charge in [-0.25, -0.2) is 9.97 Å². The van der Waals surface area contributed by atoms with Crippen molar-refractivity contribution in [2.24, 2.45) is 0 Å². The van der Waals surface area contributed by atoms with Crippen molar-refractivity contribution in [2.75, 3.05) is 0 Å². The maximum atomic E-state index is 6.02. The second-order valence-electron chi connectivity index (χ2n) is 5.42. The first-order chi connectivity index (χ1) is 9.81. The zero-order valence-electron chi connectivity index (χ0n) is 11.9. The number of fused-ring (bicyclic) bond motifs is 1. The molecule has 0 aromatic carbocycles. The monoisotopic (exact) mass is 289 g/mol. The van der Waals surface area contributed by atoms with Crippen molar-refractivity contribution in [2.45, 2.75) is 51.3 Å². The van der Waals surface area contributed by atoms with Crippen molar-refractivity contribution in [3.05, 3.63) is 41.1 Å². The second kappa shape index (κ2) is 5.96. The third kappa shape index (κ3) is 2.59. The van der Waals surface area contributed by atoms with Gasteiger partial charge in [0.2, 0.25) is 0 Å². The van der Waals surface area contributed by atoms with Gasteiger partial charge in [-0.1, -0.05) is 13.3 Å². The minimum absolute atomic E-state index is 0.531. The highest BCUT2D eigenvalue weighted by Crippen LogP contribution is 2.23. The molecule has 106 valence electrons. The Labute approximate surface area is 125 Å². The van der Waals surface area contributed by atoms with Crippen LogP contribution in [0.1, 0.15) is 48.8 Å². The molecule has 2 heterocycles. The number of aromatic nitrogens is 3. The highest BCUT2D eigenvalue weighted by Gasteiger charge is 2.17. The van der Waals surface area contributed by atoms with Crippen LogP contribution in [-0.4, -0.2) is 14.5 Å². The van der Waals surface area contributed by atoms with Gasteiger partial charge >= 0.3 is 0 Å². The molecular formula is C16H20ClN3. The molecule has 3 rings (SSSR count). The van der Waals surface area contributed by atoms with E-state index in [9.17, 15) is 0 Å². The fourth-order valence-corrected chi connectivity index (χ4v) is 3.04. The van der Waals surface area contributed by atoms with Crippen molar-refractivity contribution in [1.82, 2.24) is 14.5 Å². The average molecular weight is 290 g/mol. The summed E-state index contributed by atoms with van der Waals surface area (Å²) in [7, 11) is 0. The van der Waals surface area contributed by atoms with Gasteiger partial charge < -0.3 is 0 Å². The molecule has 20 heavy (non-hydrogen) atoms. The number of nitrogens with zero attached hydrogens (tertiary/aromatic N) is 3. The van der Waals surface area contributed by atoms with E-state index in [4.69, 9.17) is 16.6 Å². The van der Waals surface area contributed by atoms with Crippen molar-refractivity contribution in [3.63, 3.8) is 0 Å². The maximum Gasteiger partial charge on any atom is 0.138 e. The van der Waals surface area contributed by atoms with Crippen LogP contribution >= 0.6 is 11.6 Å². The summed E-state index contributed by atoms with van der Waals surface area (Å²) in [5.74, 6) is 1.51. The lowest BCUT2D eigenvalue weighted by Crippen LogP contribution is -2.09. The molecule has 0 aliphatic heterocycles. The van der Waals surface area contributed by atoms with Crippen LogP contribution in [0.4, 0.5) is 0 Å². The van der Waals surface area contributed by atoms with E-state index in [-0.39, 0.29) is 0 Å². The number of pyridine rings is 1. The first-order valence-corrected chi connectivity index (χ1v) is 7.96. The molecule has 0 atom stereocenters. The predicted octanol–water partition coefficient (Wildman–Crippen LogP) is 3.84. The first kappa shape index (κ1) is 13.6. The summed E-state index contributed by atoms with van der Waals surface area (Å²) in [6, 6.07) is 4.20. The Balaban J connectivity index is 2.04. The molecule has 0 N–H and O–H groups in total. The van der Waals surface area contributed by atoms with Crippen molar-refractivity contribution in [1.29, 1.82) is 0 Å². The molecule has 0 bridgehead atoms. The van der Waals surface area contributed by atoms with E-state index in [1.807, 2.05) is 6.33 Å². The van der Waals surface area contributed by atoms with E-state index in [2.05, 4.69) is 28.6 Å². The summed E-state index contributed by atoms with van der Waals surface area (Å²) in [5, 5.41) is 0. The molecule has 0 fully saturated rings. The number of hydrogen-bond acceptors (Lipinski definition) is 2. The standard InChI is InChI=1S/C16H20ClN3/c1-2-5-13-8-12(10-17)9-16(19-13)20-11-18-14-6-3-4-7-15(14)20/h8-9,11H,2-7,10H2,1H3. The van der Waals surface area contributed by atoms with Crippen LogP contribution < -0.4 is 0 Å². The van der Waals surface area contributed by atoms with Crippen LogP contribution in [0.5, 0.6) is 0 Å². The number of aryl methyl sites for hydroxylation is 2. The Morgan fingerprint density at radius 3 is 2.90 bits per heavy atom. The van der Waals surface area contributed by atoms with Gasteiger partial charge in [0.1, 0.15) is 12.1 Å². The van der Waals surface area contributed by atoms with Gasteiger partial charge in [-0.05, 0) is 49.8 Å². The lowest BCUT2D eigenvalue weighted by molar-refractivity contribution is 0.653. The fraction of sp³-hybridized carbons (Fsp3) is 0.500. The largest absolute Gasteiger partial charge is 0.287 e. The normalized spacial score (nSPS) is 14.3. The number of rotatable bonds is 4. The molecule has 0 radical (unpaired) electrons. The molecule has 0 amide bonds. The van der Waals surface area contributed by atoms with E-state index < -0.39 is 0 Å². The minimum atomic E-state index is 0.531. The Bertz CT molecular complexity index is 604. The van der Waals surface area contributed by atoms with Gasteiger partial charge in [-0.2, -0.15) is 0 Å². The molecule has 4 heteroatoms. The quantitative estimate of drug-likeness (QED) is 0.801. The molecule has 1 aliphatic rings. The third-order valence-corrected chi connectivity index (χ3v) is 4.17. The molecular weight excluding hydrogens is 270 g/mol. The lowest BCUT2D eigenvalue weighted by Gasteiger charge is -2.14. The van der Waals surface area contributed by atoms with Crippen LogP contribution in [0, 0.1) is 0 Å². The molecule has 0 saturated carbocycles. The van der Waals surface area contributed by atoms with Gasteiger partial charge in [0, 0.05) is 17.3 Å². The SMILES string of the molecule is CCCc1cc(CCl)cc(-n2cnc3c2CCCC3)n1. The zero-order chi connectivity index (χ0) is 13.9. The summed E-state index contributed by atoms with van der Waals surface area (Å²) < 4.78 is 2.16. The number of imidazole rings is 1. The third-order valence-electron chi connectivity index (χ3n) is 3.86. The summed E-state index contributed by atoms with van der Waals surface area (Å²) in [6.45, 7) is 2.17. The van der Waals surface area contributed by atoms with Gasteiger partial charge in [-0.15, -0.1) is 11.6 Å². The Hall–Kier alpha value is -1.35. The van der Waals surface area contributed by atoms with Crippen LogP contribution in [0.25, 0.3) is 5.82 Å². The molecule has 1 aliphatic carbocycles. The first-order valence-electron chi connectivity index (χ1n) is 7.43. The Kier molecular flexibility index (Phi) is 4.06. The van der Waals surface area contributed by atoms with Crippen LogP contribution in [0.15, 0.2) is 18.5 Å². The van der Waals surface area contributed by atoms with E-state index in [1.165, 1.54) is 24.2 Å². The topological polar surface area (TPSA) is 30.7 Å². The zero-order valence-corrected chi connectivity index (χ0v) is 12.7. The highest BCUT2D eigenvalue weighted by molar-refractivity contribution is 6.17. The Morgan fingerprint density at radius 2 is 2.10 bits per heavy atom. The molecule has 2 aromatic heterocycles. The van der Waals surface area contributed by atoms with Gasteiger partial charge in [0.25, 0.3) is 0 Å². The van der Waals surface area contributed by atoms with E-state index in [0.717, 1.165) is 42.8 Å². The number of alkyl halides is 1. The summed E-state index contributed by atoms with van der Waals surface area (Å²) in [6.07, 6.45) is 8.71. The predicted molar refractivity (Wildman–Crippen MR) is 81.6 cm³/mol. The molecule has 2 aromatic rings. The van der Waals surface area contributed by atoms with Crippen molar-refractivity contribution >= 4 is 11.6 Å². The van der Waals surface area contributed by atoms with Crippen molar-refractivity contribution < 1.29 is 0 Å². The van der Waals surface area contributed by atoms with E-state index >= 15 is 0 Å². The van der Waals surface area contributed by atoms with Gasteiger partial charge in [-0.3, -0.25) is 4.57 Å².